The SMILES string of the molecule is CCCCCCc1ccc(S(=O)(=O)Nc2cc(C)ccc2O)cc1. The summed E-state index contributed by atoms with van der Waals surface area (Å²) in [7, 11) is -3.71. The van der Waals surface area contributed by atoms with Crippen molar-refractivity contribution in [1.82, 2.24) is 0 Å². The second-order valence-corrected chi connectivity index (χ2v) is 7.76. The highest BCUT2D eigenvalue weighted by Gasteiger charge is 2.16. The fourth-order valence-corrected chi connectivity index (χ4v) is 3.59. The quantitative estimate of drug-likeness (QED) is 0.541. The van der Waals surface area contributed by atoms with Gasteiger partial charge in [0.15, 0.2) is 0 Å². The lowest BCUT2D eigenvalue weighted by molar-refractivity contribution is 0.477. The van der Waals surface area contributed by atoms with Gasteiger partial charge in [-0.3, -0.25) is 4.72 Å². The van der Waals surface area contributed by atoms with E-state index in [-0.39, 0.29) is 16.3 Å². The van der Waals surface area contributed by atoms with Crippen molar-refractivity contribution in [2.75, 3.05) is 4.72 Å². The molecule has 0 aliphatic heterocycles. The van der Waals surface area contributed by atoms with Crippen molar-refractivity contribution >= 4 is 15.7 Å². The van der Waals surface area contributed by atoms with Gasteiger partial charge in [0, 0.05) is 0 Å². The van der Waals surface area contributed by atoms with E-state index in [1.807, 2.05) is 19.1 Å². The average molecular weight is 347 g/mol. The number of sulfonamides is 1. The molecule has 0 radical (unpaired) electrons. The second kappa shape index (κ2) is 8.20. The van der Waals surface area contributed by atoms with Gasteiger partial charge in [-0.1, -0.05) is 44.4 Å². The van der Waals surface area contributed by atoms with Crippen LogP contribution in [-0.2, 0) is 16.4 Å². The summed E-state index contributed by atoms with van der Waals surface area (Å²) in [4.78, 5) is 0.195. The number of unbranched alkanes of at least 4 members (excludes halogenated alkanes) is 3. The number of nitrogens with one attached hydrogen (secondary N) is 1. The molecular formula is C19H25NO3S. The lowest BCUT2D eigenvalue weighted by Gasteiger charge is -2.11. The van der Waals surface area contributed by atoms with Crippen LogP contribution in [0.25, 0.3) is 0 Å². The fourth-order valence-electron chi connectivity index (χ4n) is 2.53. The minimum absolute atomic E-state index is 0.0864. The topological polar surface area (TPSA) is 66.4 Å². The molecule has 0 bridgehead atoms. The minimum atomic E-state index is -3.71. The van der Waals surface area contributed by atoms with E-state index >= 15 is 0 Å². The van der Waals surface area contributed by atoms with Crippen molar-refractivity contribution in [3.8, 4) is 5.75 Å². The van der Waals surface area contributed by atoms with E-state index in [1.165, 1.54) is 25.3 Å². The van der Waals surface area contributed by atoms with E-state index in [1.54, 1.807) is 24.3 Å². The van der Waals surface area contributed by atoms with Gasteiger partial charge in [0.1, 0.15) is 5.75 Å². The van der Waals surface area contributed by atoms with Gasteiger partial charge in [0.05, 0.1) is 10.6 Å². The highest BCUT2D eigenvalue weighted by Crippen LogP contribution is 2.26. The normalized spacial score (nSPS) is 11.4. The molecule has 24 heavy (non-hydrogen) atoms. The Morgan fingerprint density at radius 1 is 1.00 bits per heavy atom. The summed E-state index contributed by atoms with van der Waals surface area (Å²) in [6.45, 7) is 4.02. The van der Waals surface area contributed by atoms with Crippen LogP contribution < -0.4 is 4.72 Å². The van der Waals surface area contributed by atoms with Crippen molar-refractivity contribution in [3.63, 3.8) is 0 Å². The lowest BCUT2D eigenvalue weighted by atomic mass is 10.1. The number of rotatable bonds is 8. The molecule has 0 fully saturated rings. The molecule has 5 heteroatoms. The third-order valence-electron chi connectivity index (χ3n) is 3.95. The van der Waals surface area contributed by atoms with Crippen LogP contribution in [0.1, 0.15) is 43.7 Å². The third kappa shape index (κ3) is 4.99. The maximum Gasteiger partial charge on any atom is 0.262 e. The summed E-state index contributed by atoms with van der Waals surface area (Å²) in [6, 6.07) is 11.8. The molecule has 0 amide bonds. The van der Waals surface area contributed by atoms with Crippen LogP contribution in [0.15, 0.2) is 47.4 Å². The van der Waals surface area contributed by atoms with Crippen LogP contribution in [0.5, 0.6) is 5.75 Å². The highest BCUT2D eigenvalue weighted by atomic mass is 32.2. The molecule has 0 unspecified atom stereocenters. The summed E-state index contributed by atoms with van der Waals surface area (Å²) in [5.74, 6) is -0.0864. The summed E-state index contributed by atoms with van der Waals surface area (Å²) < 4.78 is 27.4. The first-order valence-electron chi connectivity index (χ1n) is 8.34. The lowest BCUT2D eigenvalue weighted by Crippen LogP contribution is -2.13. The standard InChI is InChI=1S/C19H25NO3S/c1-3-4-5-6-7-16-9-11-17(12-10-16)24(22,23)20-18-14-15(2)8-13-19(18)21/h8-14,20-21H,3-7H2,1-2H3. The monoisotopic (exact) mass is 347 g/mol. The van der Waals surface area contributed by atoms with Gasteiger partial charge in [-0.2, -0.15) is 0 Å². The number of hydrogen-bond donors (Lipinski definition) is 2. The molecule has 0 aliphatic carbocycles. The number of aromatic hydroxyl groups is 1. The van der Waals surface area contributed by atoms with E-state index < -0.39 is 10.0 Å². The Kier molecular flexibility index (Phi) is 6.26. The average Bonchev–Trinajstić information content (AvgIpc) is 2.55. The Balaban J connectivity index is 2.08. The maximum absolute atomic E-state index is 12.5. The maximum atomic E-state index is 12.5. The number of hydrogen-bond acceptors (Lipinski definition) is 3. The third-order valence-corrected chi connectivity index (χ3v) is 5.33. The van der Waals surface area contributed by atoms with Crippen LogP contribution in [-0.4, -0.2) is 13.5 Å². The van der Waals surface area contributed by atoms with Crippen LogP contribution >= 0.6 is 0 Å². The first-order valence-corrected chi connectivity index (χ1v) is 9.82. The van der Waals surface area contributed by atoms with Crippen LogP contribution in [0.4, 0.5) is 5.69 Å². The summed E-state index contributed by atoms with van der Waals surface area (Å²) >= 11 is 0. The Morgan fingerprint density at radius 3 is 2.38 bits per heavy atom. The van der Waals surface area contributed by atoms with E-state index in [0.717, 1.165) is 24.0 Å². The largest absolute Gasteiger partial charge is 0.506 e. The molecule has 0 spiro atoms. The highest BCUT2D eigenvalue weighted by molar-refractivity contribution is 7.92. The zero-order chi connectivity index (χ0) is 17.6. The Hall–Kier alpha value is -2.01. The number of benzene rings is 2. The molecule has 130 valence electrons. The minimum Gasteiger partial charge on any atom is -0.506 e. The smallest absolute Gasteiger partial charge is 0.262 e. The molecule has 0 heterocycles. The van der Waals surface area contributed by atoms with E-state index in [9.17, 15) is 13.5 Å². The molecule has 0 aliphatic rings. The first kappa shape index (κ1) is 18.3. The van der Waals surface area contributed by atoms with Gasteiger partial charge in [0.25, 0.3) is 10.0 Å². The van der Waals surface area contributed by atoms with Crippen LogP contribution in [0.2, 0.25) is 0 Å². The molecule has 0 atom stereocenters. The molecule has 0 saturated heterocycles. The Morgan fingerprint density at radius 2 is 1.71 bits per heavy atom. The molecule has 2 aromatic carbocycles. The second-order valence-electron chi connectivity index (χ2n) is 6.08. The molecule has 2 aromatic rings. The fraction of sp³-hybridized carbons (Fsp3) is 0.368. The van der Waals surface area contributed by atoms with Crippen molar-refractivity contribution in [2.45, 2.75) is 50.8 Å². The van der Waals surface area contributed by atoms with Crippen molar-refractivity contribution < 1.29 is 13.5 Å². The number of phenolic OH excluding ortho intramolecular Hbond substituents is 1. The van der Waals surface area contributed by atoms with Gasteiger partial charge in [-0.05, 0) is 55.2 Å². The van der Waals surface area contributed by atoms with Gasteiger partial charge in [0.2, 0.25) is 0 Å². The van der Waals surface area contributed by atoms with Crippen LogP contribution in [0.3, 0.4) is 0 Å². The number of anilines is 1. The summed E-state index contributed by atoms with van der Waals surface area (Å²) in [5.41, 5.74) is 2.20. The zero-order valence-corrected chi connectivity index (χ0v) is 15.1. The number of aryl methyl sites for hydroxylation is 2. The van der Waals surface area contributed by atoms with E-state index in [0.29, 0.717) is 0 Å². The number of phenols is 1. The van der Waals surface area contributed by atoms with Gasteiger partial charge in [-0.25, -0.2) is 8.42 Å². The molecular weight excluding hydrogens is 322 g/mol. The first-order chi connectivity index (χ1) is 11.4. The molecule has 2 rings (SSSR count). The predicted octanol–water partition coefficient (Wildman–Crippen LogP) is 4.62. The molecule has 2 N–H and O–H groups in total. The van der Waals surface area contributed by atoms with Crippen molar-refractivity contribution in [3.05, 3.63) is 53.6 Å². The molecule has 4 nitrogen and oxygen atoms in total. The van der Waals surface area contributed by atoms with Crippen molar-refractivity contribution in [2.24, 2.45) is 0 Å². The summed E-state index contributed by atoms with van der Waals surface area (Å²) in [6.07, 6.45) is 5.72. The van der Waals surface area contributed by atoms with Gasteiger partial charge >= 0.3 is 0 Å². The molecule has 0 saturated carbocycles. The molecule has 0 aromatic heterocycles. The van der Waals surface area contributed by atoms with Crippen molar-refractivity contribution in [1.29, 1.82) is 0 Å². The van der Waals surface area contributed by atoms with Gasteiger partial charge < -0.3 is 5.11 Å². The van der Waals surface area contributed by atoms with Crippen LogP contribution in [0, 0.1) is 6.92 Å². The predicted molar refractivity (Wildman–Crippen MR) is 97.9 cm³/mol. The van der Waals surface area contributed by atoms with E-state index in [2.05, 4.69) is 11.6 Å². The zero-order valence-electron chi connectivity index (χ0n) is 14.2. The Bertz CT molecular complexity index is 768. The Labute approximate surface area is 144 Å². The van der Waals surface area contributed by atoms with E-state index in [4.69, 9.17) is 0 Å². The van der Waals surface area contributed by atoms with Gasteiger partial charge in [-0.15, -0.1) is 0 Å². The summed E-state index contributed by atoms with van der Waals surface area (Å²) in [5, 5.41) is 9.80.